The predicted octanol–water partition coefficient (Wildman–Crippen LogP) is 4.46. The topological polar surface area (TPSA) is 83.4 Å². The summed E-state index contributed by atoms with van der Waals surface area (Å²) in [6, 6.07) is 8.93. The summed E-state index contributed by atoms with van der Waals surface area (Å²) >= 11 is 6.65. The average Bonchev–Trinajstić information content (AvgIpc) is 3.02. The molecule has 0 aliphatic carbocycles. The molecule has 0 saturated carbocycles. The number of fused-ring (bicyclic) bond motifs is 1. The minimum Gasteiger partial charge on any atom is -0.337 e. The molecule has 0 radical (unpaired) electrons. The fourth-order valence-corrected chi connectivity index (χ4v) is 5.17. The molecule has 2 aliphatic heterocycles. The monoisotopic (exact) mass is 506 g/mol. The standard InChI is InChI=1S/C27H31ClN6O2/c1-19-17-20(11-12-29-19)26(36)31-27-30-23-9-4-8-22(28)25(23)34(27)21-7-2-3-16-33(18-21)24(35)10-5-13-32-14-6-15-32/h4-5,8-12,17,21H,2-3,6-7,13-16,18H2,1H3,(H,30,31,36)/t21-/m1/s1. The Bertz CT molecular complexity index is 1300. The molecule has 8 nitrogen and oxygen atoms in total. The largest absolute Gasteiger partial charge is 0.337 e. The molecule has 3 aromatic rings. The first-order chi connectivity index (χ1) is 17.5. The number of carbonyl (C=O) groups excluding carboxylic acids is 2. The third kappa shape index (κ3) is 5.29. The number of halogens is 1. The van der Waals surface area contributed by atoms with Gasteiger partial charge in [0.05, 0.1) is 22.1 Å². The van der Waals surface area contributed by atoms with E-state index >= 15 is 0 Å². The number of aryl methyl sites for hydroxylation is 1. The number of amides is 2. The van der Waals surface area contributed by atoms with Gasteiger partial charge in [0.25, 0.3) is 5.91 Å². The van der Waals surface area contributed by atoms with E-state index in [1.165, 1.54) is 6.42 Å². The zero-order valence-corrected chi connectivity index (χ0v) is 21.2. The molecule has 2 aliphatic rings. The molecule has 1 N–H and O–H groups in total. The molecule has 188 valence electrons. The Kier molecular flexibility index (Phi) is 7.34. The molecule has 2 aromatic heterocycles. The quantitative estimate of drug-likeness (QED) is 0.499. The van der Waals surface area contributed by atoms with E-state index in [2.05, 4.69) is 15.2 Å². The molecule has 1 atom stereocenters. The summed E-state index contributed by atoms with van der Waals surface area (Å²) in [6.45, 7) is 6.11. The number of benzene rings is 1. The Hall–Kier alpha value is -3.23. The maximum Gasteiger partial charge on any atom is 0.258 e. The lowest BCUT2D eigenvalue weighted by Crippen LogP contribution is -2.37. The average molecular weight is 507 g/mol. The first-order valence-electron chi connectivity index (χ1n) is 12.6. The van der Waals surface area contributed by atoms with Gasteiger partial charge in [0.1, 0.15) is 0 Å². The molecule has 36 heavy (non-hydrogen) atoms. The number of rotatable bonds is 6. The number of para-hydroxylation sites is 1. The number of hydrogen-bond acceptors (Lipinski definition) is 5. The SMILES string of the molecule is Cc1cc(C(=O)Nc2nc3cccc(Cl)c3n2[C@@H]2CCCCN(C(=O)C=CCN3CCC3)C2)ccn1. The number of nitrogens with zero attached hydrogens (tertiary/aromatic N) is 5. The molecule has 2 fully saturated rings. The van der Waals surface area contributed by atoms with Crippen molar-refractivity contribution in [3.05, 3.63) is 65.0 Å². The number of nitrogens with one attached hydrogen (secondary N) is 1. The van der Waals surface area contributed by atoms with Crippen LogP contribution >= 0.6 is 11.6 Å². The summed E-state index contributed by atoms with van der Waals surface area (Å²) in [4.78, 5) is 39.3. The second-order valence-corrected chi connectivity index (χ2v) is 9.95. The Morgan fingerprint density at radius 2 is 2.03 bits per heavy atom. The molecule has 2 saturated heterocycles. The highest BCUT2D eigenvalue weighted by Crippen LogP contribution is 2.34. The number of pyridine rings is 1. The van der Waals surface area contributed by atoms with Crippen LogP contribution in [0.1, 0.15) is 47.8 Å². The smallest absolute Gasteiger partial charge is 0.258 e. The predicted molar refractivity (Wildman–Crippen MR) is 141 cm³/mol. The summed E-state index contributed by atoms with van der Waals surface area (Å²) in [5, 5.41) is 3.56. The van der Waals surface area contributed by atoms with E-state index in [1.54, 1.807) is 24.4 Å². The van der Waals surface area contributed by atoms with Gasteiger partial charge in [-0.15, -0.1) is 0 Å². The number of imidazole rings is 1. The zero-order chi connectivity index (χ0) is 25.1. The zero-order valence-electron chi connectivity index (χ0n) is 20.5. The van der Waals surface area contributed by atoms with Gasteiger partial charge in [0.15, 0.2) is 0 Å². The number of likely N-dealkylation sites (tertiary alicyclic amines) is 2. The summed E-state index contributed by atoms with van der Waals surface area (Å²) < 4.78 is 2.01. The third-order valence-corrected chi connectivity index (χ3v) is 7.25. The van der Waals surface area contributed by atoms with E-state index < -0.39 is 0 Å². The number of aromatic nitrogens is 3. The van der Waals surface area contributed by atoms with Crippen molar-refractivity contribution in [2.75, 3.05) is 38.0 Å². The summed E-state index contributed by atoms with van der Waals surface area (Å²) in [5.74, 6) is 0.199. The van der Waals surface area contributed by atoms with Gasteiger partial charge < -0.3 is 9.47 Å². The van der Waals surface area contributed by atoms with E-state index in [4.69, 9.17) is 16.6 Å². The van der Waals surface area contributed by atoms with Crippen LogP contribution in [0.3, 0.4) is 0 Å². The van der Waals surface area contributed by atoms with Gasteiger partial charge in [-0.1, -0.05) is 23.7 Å². The van der Waals surface area contributed by atoms with Crippen LogP contribution in [0.5, 0.6) is 0 Å². The Labute approximate surface area is 215 Å². The van der Waals surface area contributed by atoms with Crippen LogP contribution in [0.15, 0.2) is 48.7 Å². The summed E-state index contributed by atoms with van der Waals surface area (Å²) in [6.07, 6.45) is 9.27. The van der Waals surface area contributed by atoms with Crippen molar-refractivity contribution in [2.24, 2.45) is 0 Å². The van der Waals surface area contributed by atoms with Crippen LogP contribution in [-0.2, 0) is 4.79 Å². The van der Waals surface area contributed by atoms with Crippen LogP contribution in [-0.4, -0.2) is 68.9 Å². The van der Waals surface area contributed by atoms with Crippen LogP contribution in [0.4, 0.5) is 5.95 Å². The Morgan fingerprint density at radius 1 is 1.17 bits per heavy atom. The highest BCUT2D eigenvalue weighted by Gasteiger charge is 2.27. The van der Waals surface area contributed by atoms with Crippen molar-refractivity contribution in [2.45, 2.75) is 38.6 Å². The second-order valence-electron chi connectivity index (χ2n) is 9.54. The van der Waals surface area contributed by atoms with Crippen molar-refractivity contribution in [1.82, 2.24) is 24.3 Å². The van der Waals surface area contributed by atoms with E-state index in [1.807, 2.05) is 40.7 Å². The normalized spacial score (nSPS) is 18.8. The van der Waals surface area contributed by atoms with Crippen molar-refractivity contribution in [3.8, 4) is 0 Å². The molecular formula is C27H31ClN6O2. The molecule has 2 amide bonds. The molecule has 4 heterocycles. The van der Waals surface area contributed by atoms with Gasteiger partial charge in [-0.25, -0.2) is 4.98 Å². The second kappa shape index (κ2) is 10.8. The third-order valence-electron chi connectivity index (χ3n) is 6.94. The van der Waals surface area contributed by atoms with Crippen molar-refractivity contribution in [1.29, 1.82) is 0 Å². The van der Waals surface area contributed by atoms with Crippen LogP contribution in [0.2, 0.25) is 5.02 Å². The lowest BCUT2D eigenvalue weighted by Gasteiger charge is -2.29. The molecule has 9 heteroatoms. The van der Waals surface area contributed by atoms with Crippen LogP contribution in [0, 0.1) is 6.92 Å². The van der Waals surface area contributed by atoms with Crippen LogP contribution < -0.4 is 5.32 Å². The van der Waals surface area contributed by atoms with E-state index in [-0.39, 0.29) is 17.9 Å². The lowest BCUT2D eigenvalue weighted by atomic mass is 10.1. The first kappa shape index (κ1) is 24.5. The lowest BCUT2D eigenvalue weighted by molar-refractivity contribution is -0.126. The van der Waals surface area contributed by atoms with Crippen molar-refractivity contribution >= 4 is 40.4 Å². The van der Waals surface area contributed by atoms with E-state index in [0.717, 1.165) is 50.1 Å². The highest BCUT2D eigenvalue weighted by atomic mass is 35.5. The summed E-state index contributed by atoms with van der Waals surface area (Å²) in [5.41, 5.74) is 2.75. The highest BCUT2D eigenvalue weighted by molar-refractivity contribution is 6.35. The van der Waals surface area contributed by atoms with Crippen molar-refractivity contribution in [3.63, 3.8) is 0 Å². The van der Waals surface area contributed by atoms with E-state index in [0.29, 0.717) is 35.1 Å². The van der Waals surface area contributed by atoms with Crippen molar-refractivity contribution < 1.29 is 9.59 Å². The van der Waals surface area contributed by atoms with Gasteiger partial charge in [0.2, 0.25) is 11.9 Å². The molecular weight excluding hydrogens is 476 g/mol. The van der Waals surface area contributed by atoms with Crippen LogP contribution in [0.25, 0.3) is 11.0 Å². The Morgan fingerprint density at radius 3 is 2.81 bits per heavy atom. The molecule has 0 unspecified atom stereocenters. The van der Waals surface area contributed by atoms with Gasteiger partial charge >= 0.3 is 0 Å². The number of hydrogen-bond donors (Lipinski definition) is 1. The Balaban J connectivity index is 1.43. The number of anilines is 1. The van der Waals surface area contributed by atoms with E-state index in [9.17, 15) is 9.59 Å². The van der Waals surface area contributed by atoms with Gasteiger partial charge in [0, 0.05) is 43.2 Å². The van der Waals surface area contributed by atoms with Gasteiger partial charge in [-0.2, -0.15) is 0 Å². The molecule has 0 bridgehead atoms. The number of carbonyl (C=O) groups is 2. The molecule has 5 rings (SSSR count). The minimum absolute atomic E-state index is 0.0239. The van der Waals surface area contributed by atoms with Gasteiger partial charge in [-0.05, 0) is 70.0 Å². The fourth-order valence-electron chi connectivity index (χ4n) is 4.91. The molecule has 0 spiro atoms. The minimum atomic E-state index is -0.260. The maximum absolute atomic E-state index is 13.1. The van der Waals surface area contributed by atoms with Gasteiger partial charge in [-0.3, -0.25) is 24.8 Å². The molecule has 1 aromatic carbocycles. The maximum atomic E-state index is 13.1. The first-order valence-corrected chi connectivity index (χ1v) is 13.0. The fraction of sp³-hybridized carbons (Fsp3) is 0.407. The summed E-state index contributed by atoms with van der Waals surface area (Å²) in [7, 11) is 0.